The Morgan fingerprint density at radius 1 is 1.21 bits per heavy atom. The highest BCUT2D eigenvalue weighted by Gasteiger charge is 2.26. The van der Waals surface area contributed by atoms with Gasteiger partial charge in [-0.05, 0) is 49.3 Å². The Balaban J connectivity index is 1.39. The summed E-state index contributed by atoms with van der Waals surface area (Å²) in [6, 6.07) is 8.14. The van der Waals surface area contributed by atoms with Crippen molar-refractivity contribution in [2.45, 2.75) is 31.1 Å². The Hall–Kier alpha value is -2.33. The molecule has 1 aromatic heterocycles. The zero-order valence-electron chi connectivity index (χ0n) is 16.2. The number of piperidine rings is 1. The van der Waals surface area contributed by atoms with Crippen LogP contribution >= 0.6 is 11.5 Å². The van der Waals surface area contributed by atoms with Gasteiger partial charge in [0.05, 0.1) is 16.3 Å². The molecule has 1 aliphatic heterocycles. The van der Waals surface area contributed by atoms with Crippen molar-refractivity contribution >= 4 is 33.2 Å². The van der Waals surface area contributed by atoms with Gasteiger partial charge in [0.25, 0.3) is 5.91 Å². The molecule has 156 valence electrons. The summed E-state index contributed by atoms with van der Waals surface area (Å²) in [4.78, 5) is 27.2. The van der Waals surface area contributed by atoms with Crippen molar-refractivity contribution in [2.75, 3.05) is 25.4 Å². The maximum atomic E-state index is 12.5. The van der Waals surface area contributed by atoms with E-state index in [2.05, 4.69) is 14.9 Å². The van der Waals surface area contributed by atoms with E-state index in [4.69, 9.17) is 0 Å². The van der Waals surface area contributed by atoms with Crippen molar-refractivity contribution in [3.8, 4) is 0 Å². The highest BCUT2D eigenvalue weighted by Crippen LogP contribution is 2.20. The first-order chi connectivity index (χ1) is 13.9. The van der Waals surface area contributed by atoms with Crippen LogP contribution in [-0.4, -0.2) is 60.1 Å². The van der Waals surface area contributed by atoms with Gasteiger partial charge in [0, 0.05) is 26.1 Å². The quantitative estimate of drug-likeness (QED) is 0.707. The number of rotatable bonds is 7. The van der Waals surface area contributed by atoms with Crippen LogP contribution in [0.15, 0.2) is 35.2 Å². The molecule has 29 heavy (non-hydrogen) atoms. The van der Waals surface area contributed by atoms with Gasteiger partial charge in [0.15, 0.2) is 9.84 Å². The fourth-order valence-corrected chi connectivity index (χ4v) is 5.12. The van der Waals surface area contributed by atoms with E-state index in [1.165, 1.54) is 12.1 Å². The molecule has 1 saturated heterocycles. The predicted octanol–water partition coefficient (Wildman–Crippen LogP) is 1.68. The number of hydrogen-bond acceptors (Lipinski definition) is 7. The van der Waals surface area contributed by atoms with Gasteiger partial charge in [0.1, 0.15) is 4.88 Å². The Morgan fingerprint density at radius 2 is 1.90 bits per heavy atom. The van der Waals surface area contributed by atoms with Crippen molar-refractivity contribution < 1.29 is 18.0 Å². The largest absolute Gasteiger partial charge is 0.356 e. The number of amides is 2. The molecule has 2 heterocycles. The van der Waals surface area contributed by atoms with E-state index >= 15 is 0 Å². The first-order valence-electron chi connectivity index (χ1n) is 9.49. The molecule has 0 bridgehead atoms. The molecule has 2 amide bonds. The van der Waals surface area contributed by atoms with Gasteiger partial charge in [-0.3, -0.25) is 9.59 Å². The van der Waals surface area contributed by atoms with Crippen LogP contribution in [0.1, 0.15) is 34.6 Å². The number of nitrogens with zero attached hydrogens (tertiary/aromatic N) is 3. The van der Waals surface area contributed by atoms with Gasteiger partial charge < -0.3 is 10.2 Å². The molecule has 3 rings (SSSR count). The van der Waals surface area contributed by atoms with Crippen molar-refractivity contribution in [1.29, 1.82) is 0 Å². The van der Waals surface area contributed by atoms with Gasteiger partial charge in [-0.25, -0.2) is 8.42 Å². The topological polar surface area (TPSA) is 109 Å². The van der Waals surface area contributed by atoms with Gasteiger partial charge in [0.2, 0.25) is 5.91 Å². The number of nitrogens with one attached hydrogen (secondary N) is 1. The number of hydrogen-bond donors (Lipinski definition) is 1. The van der Waals surface area contributed by atoms with Crippen LogP contribution < -0.4 is 5.32 Å². The summed E-state index contributed by atoms with van der Waals surface area (Å²) in [5.41, 5.74) is 0.653. The third kappa shape index (κ3) is 5.60. The molecule has 0 aliphatic carbocycles. The second kappa shape index (κ2) is 9.45. The van der Waals surface area contributed by atoms with E-state index in [9.17, 15) is 18.0 Å². The second-order valence-corrected chi connectivity index (χ2v) is 9.97. The minimum absolute atomic E-state index is 0.0360. The normalized spacial score (nSPS) is 15.3. The van der Waals surface area contributed by atoms with Gasteiger partial charge >= 0.3 is 0 Å². The lowest BCUT2D eigenvalue weighted by molar-refractivity contribution is -0.120. The molecular weight excluding hydrogens is 412 g/mol. The zero-order chi connectivity index (χ0) is 20.9. The number of likely N-dealkylation sites (tertiary alicyclic amines) is 1. The number of carbonyl (C=O) groups is 2. The lowest BCUT2D eigenvalue weighted by Gasteiger charge is -2.31. The van der Waals surface area contributed by atoms with Crippen LogP contribution in [0.2, 0.25) is 0 Å². The first-order valence-corrected chi connectivity index (χ1v) is 11.9. The van der Waals surface area contributed by atoms with E-state index in [-0.39, 0.29) is 34.8 Å². The molecule has 1 fully saturated rings. The highest BCUT2D eigenvalue weighted by molar-refractivity contribution is 7.91. The number of aromatic nitrogens is 2. The van der Waals surface area contributed by atoms with Crippen molar-refractivity contribution in [3.63, 3.8) is 0 Å². The smallest absolute Gasteiger partial charge is 0.267 e. The lowest BCUT2D eigenvalue weighted by Crippen LogP contribution is -2.41. The maximum absolute atomic E-state index is 12.5. The summed E-state index contributed by atoms with van der Waals surface area (Å²) < 4.78 is 28.3. The van der Waals surface area contributed by atoms with Crippen LogP contribution in [0.3, 0.4) is 0 Å². The summed E-state index contributed by atoms with van der Waals surface area (Å²) in [5.74, 6) is -0.243. The summed E-state index contributed by atoms with van der Waals surface area (Å²) in [5, 5.41) is 6.71. The monoisotopic (exact) mass is 436 g/mol. The van der Waals surface area contributed by atoms with E-state index in [1.54, 1.807) is 30.0 Å². The van der Waals surface area contributed by atoms with Gasteiger partial charge in [-0.15, -0.1) is 5.10 Å². The van der Waals surface area contributed by atoms with E-state index in [0.717, 1.165) is 24.4 Å². The Morgan fingerprint density at radius 3 is 2.52 bits per heavy atom. The Labute approximate surface area is 174 Å². The number of aryl methyl sites for hydroxylation is 1. The van der Waals surface area contributed by atoms with Gasteiger partial charge in [-0.2, -0.15) is 0 Å². The van der Waals surface area contributed by atoms with Crippen LogP contribution in [-0.2, 0) is 14.6 Å². The predicted molar refractivity (Wildman–Crippen MR) is 109 cm³/mol. The molecule has 0 spiro atoms. The standard InChI is InChI=1S/C19H24N4O4S2/c1-14-18(28-22-21-14)19(25)23-10-7-15(8-11-23)13-20-17(24)9-12-29(26,27)16-5-3-2-4-6-16/h2-6,15H,7-13H2,1H3,(H,20,24). The van der Waals surface area contributed by atoms with Crippen molar-refractivity contribution in [1.82, 2.24) is 19.8 Å². The fraction of sp³-hybridized carbons (Fsp3) is 0.474. The maximum Gasteiger partial charge on any atom is 0.267 e. The molecule has 0 unspecified atom stereocenters. The first kappa shape index (κ1) is 21.4. The molecule has 8 nitrogen and oxygen atoms in total. The summed E-state index contributed by atoms with van der Waals surface area (Å²) >= 11 is 1.11. The molecule has 1 aliphatic rings. The summed E-state index contributed by atoms with van der Waals surface area (Å²) in [6.07, 6.45) is 1.52. The minimum Gasteiger partial charge on any atom is -0.356 e. The van der Waals surface area contributed by atoms with E-state index in [1.807, 2.05) is 0 Å². The molecule has 1 N–H and O–H groups in total. The zero-order valence-corrected chi connectivity index (χ0v) is 17.8. The molecule has 10 heteroatoms. The van der Waals surface area contributed by atoms with Crippen LogP contribution in [0.25, 0.3) is 0 Å². The third-order valence-electron chi connectivity index (χ3n) is 5.04. The Bertz CT molecular complexity index is 952. The Kier molecular flexibility index (Phi) is 6.96. The second-order valence-electron chi connectivity index (χ2n) is 7.11. The molecule has 0 atom stereocenters. The van der Waals surface area contributed by atoms with E-state index < -0.39 is 9.84 Å². The summed E-state index contributed by atoms with van der Waals surface area (Å²) in [7, 11) is -3.45. The molecule has 0 saturated carbocycles. The number of carbonyl (C=O) groups excluding carboxylic acids is 2. The molecule has 0 radical (unpaired) electrons. The fourth-order valence-electron chi connectivity index (χ4n) is 3.23. The molecule has 2 aromatic rings. The third-order valence-corrected chi connectivity index (χ3v) is 7.58. The van der Waals surface area contributed by atoms with Crippen LogP contribution in [0.4, 0.5) is 0 Å². The van der Waals surface area contributed by atoms with E-state index in [0.29, 0.717) is 30.2 Å². The molecule has 1 aromatic carbocycles. The summed E-state index contributed by atoms with van der Waals surface area (Å²) in [6.45, 7) is 3.52. The average Bonchev–Trinajstić information content (AvgIpc) is 3.17. The van der Waals surface area contributed by atoms with Crippen LogP contribution in [0, 0.1) is 12.8 Å². The number of benzene rings is 1. The lowest BCUT2D eigenvalue weighted by atomic mass is 9.96. The van der Waals surface area contributed by atoms with Crippen LogP contribution in [0.5, 0.6) is 0 Å². The molecular formula is C19H24N4O4S2. The number of sulfone groups is 1. The minimum atomic E-state index is -3.45. The van der Waals surface area contributed by atoms with Crippen molar-refractivity contribution in [3.05, 3.63) is 40.9 Å². The van der Waals surface area contributed by atoms with Crippen molar-refractivity contribution in [2.24, 2.45) is 5.92 Å². The highest BCUT2D eigenvalue weighted by atomic mass is 32.2. The average molecular weight is 437 g/mol. The van der Waals surface area contributed by atoms with Gasteiger partial charge in [-0.1, -0.05) is 22.7 Å². The SMILES string of the molecule is Cc1nnsc1C(=O)N1CCC(CNC(=O)CCS(=O)(=O)c2ccccc2)CC1.